The van der Waals surface area contributed by atoms with Crippen LogP contribution in [-0.4, -0.2) is 0 Å². The second-order valence-corrected chi connectivity index (χ2v) is 18.5. The van der Waals surface area contributed by atoms with Gasteiger partial charge in [0.15, 0.2) is 0 Å². The SMILES string of the molecule is CC1(C)c2ccccc2-c2ccc(N(c3ccc(-c4ccc5oc6ccccc6c5c4)cc3)c3ccc4c(c3)C3(c5ccccc5-4)C4CC5CC(C4)CC3C5)cc21. The molecule has 0 unspecified atom stereocenters. The van der Waals surface area contributed by atoms with Crippen molar-refractivity contribution in [2.75, 3.05) is 4.90 Å². The molecule has 4 saturated carbocycles. The van der Waals surface area contributed by atoms with E-state index in [-0.39, 0.29) is 10.8 Å². The van der Waals surface area contributed by atoms with Gasteiger partial charge in [0.05, 0.1) is 0 Å². The van der Waals surface area contributed by atoms with Crippen molar-refractivity contribution in [2.24, 2.45) is 23.7 Å². The number of hydrogen-bond acceptors (Lipinski definition) is 2. The van der Waals surface area contributed by atoms with E-state index in [1.807, 2.05) is 6.07 Å². The fourth-order valence-corrected chi connectivity index (χ4v) is 13.3. The van der Waals surface area contributed by atoms with E-state index in [1.165, 1.54) is 93.7 Å². The van der Waals surface area contributed by atoms with Crippen LogP contribution in [0.5, 0.6) is 0 Å². The Balaban J connectivity index is 0.980. The maximum absolute atomic E-state index is 6.18. The number of anilines is 3. The number of benzene rings is 7. The third-order valence-electron chi connectivity index (χ3n) is 15.5. The zero-order valence-electron chi connectivity index (χ0n) is 32.6. The summed E-state index contributed by atoms with van der Waals surface area (Å²) in [6.07, 6.45) is 7.01. The van der Waals surface area contributed by atoms with E-state index in [0.29, 0.717) is 0 Å². The Morgan fingerprint density at radius 3 is 1.72 bits per heavy atom. The van der Waals surface area contributed by atoms with Crippen molar-refractivity contribution in [3.63, 3.8) is 0 Å². The molecule has 4 fully saturated rings. The molecule has 1 spiro atoms. The summed E-state index contributed by atoms with van der Waals surface area (Å²) in [7, 11) is 0. The van der Waals surface area contributed by atoms with E-state index >= 15 is 0 Å². The average Bonchev–Trinajstić information content (AvgIpc) is 3.83. The lowest BCUT2D eigenvalue weighted by molar-refractivity contribution is -0.0399. The fourth-order valence-electron chi connectivity index (χ4n) is 13.3. The smallest absolute Gasteiger partial charge is 0.135 e. The van der Waals surface area contributed by atoms with Crippen LogP contribution < -0.4 is 4.90 Å². The van der Waals surface area contributed by atoms with Crippen LogP contribution in [0, 0.1) is 23.7 Å². The Kier molecular flexibility index (Phi) is 6.44. The molecule has 2 heteroatoms. The summed E-state index contributed by atoms with van der Waals surface area (Å²) in [5.41, 5.74) is 19.6. The van der Waals surface area contributed by atoms with Crippen molar-refractivity contribution in [3.8, 4) is 33.4 Å². The largest absolute Gasteiger partial charge is 0.456 e. The van der Waals surface area contributed by atoms with Crippen LogP contribution in [-0.2, 0) is 10.8 Å². The standard InChI is InChI=1S/C55H45NO/c1-54(2)48-12-6-3-9-42(48)44-22-20-40(31-50(44)54)56(39-18-15-35(16-19-39)36-17-24-53-47(30-36)46-11-5-8-14-52(46)57-53)41-21-23-45-43-10-4-7-13-49(43)55(51(45)32-41)37-26-33-25-34(28-37)29-38(55)27-33/h3-24,30-34,37-38H,25-29H2,1-2H3. The molecule has 2 nitrogen and oxygen atoms in total. The predicted molar refractivity (Wildman–Crippen MR) is 235 cm³/mol. The van der Waals surface area contributed by atoms with Gasteiger partial charge in [-0.2, -0.15) is 0 Å². The number of nitrogens with zero attached hydrogens (tertiary/aromatic N) is 1. The summed E-state index contributed by atoms with van der Waals surface area (Å²) in [6, 6.07) is 57.4. The van der Waals surface area contributed by atoms with E-state index in [1.54, 1.807) is 11.1 Å². The monoisotopic (exact) mass is 735 g/mol. The molecule has 6 aliphatic carbocycles. The van der Waals surface area contributed by atoms with Gasteiger partial charge in [0.25, 0.3) is 0 Å². The molecule has 1 heterocycles. The van der Waals surface area contributed by atoms with Gasteiger partial charge in [-0.1, -0.05) is 111 Å². The Bertz CT molecular complexity index is 2930. The number of furan rings is 1. The molecule has 0 aliphatic heterocycles. The summed E-state index contributed by atoms with van der Waals surface area (Å²) in [5, 5.41) is 2.32. The molecule has 276 valence electrons. The van der Waals surface area contributed by atoms with E-state index in [4.69, 9.17) is 4.42 Å². The molecule has 7 aromatic carbocycles. The van der Waals surface area contributed by atoms with Crippen LogP contribution >= 0.6 is 0 Å². The molecule has 1 aromatic heterocycles. The molecule has 0 N–H and O–H groups in total. The Morgan fingerprint density at radius 2 is 0.982 bits per heavy atom. The lowest BCUT2D eigenvalue weighted by atomic mass is 9.43. The van der Waals surface area contributed by atoms with Gasteiger partial charge in [-0.15, -0.1) is 0 Å². The molecular weight excluding hydrogens is 691 g/mol. The summed E-state index contributed by atoms with van der Waals surface area (Å²) in [5.74, 6) is 3.28. The molecule has 0 saturated heterocycles. The van der Waals surface area contributed by atoms with Crippen molar-refractivity contribution in [1.29, 1.82) is 0 Å². The molecule has 57 heavy (non-hydrogen) atoms. The van der Waals surface area contributed by atoms with E-state index in [2.05, 4.69) is 164 Å². The summed E-state index contributed by atoms with van der Waals surface area (Å²) in [4.78, 5) is 2.54. The van der Waals surface area contributed by atoms with Crippen molar-refractivity contribution in [3.05, 3.63) is 174 Å². The van der Waals surface area contributed by atoms with E-state index in [9.17, 15) is 0 Å². The van der Waals surface area contributed by atoms with Gasteiger partial charge >= 0.3 is 0 Å². The highest BCUT2D eigenvalue weighted by Crippen LogP contribution is 2.69. The molecule has 8 aromatic rings. The number of fused-ring (bicyclic) bond motifs is 9. The second-order valence-electron chi connectivity index (χ2n) is 18.5. The van der Waals surface area contributed by atoms with E-state index in [0.717, 1.165) is 45.6 Å². The quantitative estimate of drug-likeness (QED) is 0.179. The highest BCUT2D eigenvalue weighted by Gasteiger charge is 2.61. The predicted octanol–water partition coefficient (Wildman–Crippen LogP) is 14.8. The lowest BCUT2D eigenvalue weighted by Crippen LogP contribution is -2.55. The highest BCUT2D eigenvalue weighted by molar-refractivity contribution is 6.06. The van der Waals surface area contributed by atoms with Gasteiger partial charge < -0.3 is 9.32 Å². The van der Waals surface area contributed by atoms with Crippen molar-refractivity contribution in [1.82, 2.24) is 0 Å². The normalized spacial score (nSPS) is 24.2. The maximum atomic E-state index is 6.18. The minimum Gasteiger partial charge on any atom is -0.456 e. The minimum atomic E-state index is -0.0859. The van der Waals surface area contributed by atoms with Crippen LogP contribution in [0.2, 0.25) is 0 Å². The molecule has 4 bridgehead atoms. The van der Waals surface area contributed by atoms with Crippen LogP contribution in [0.3, 0.4) is 0 Å². The molecule has 14 rings (SSSR count). The Hall–Kier alpha value is -5.86. The van der Waals surface area contributed by atoms with Gasteiger partial charge in [-0.05, 0) is 166 Å². The molecule has 0 atom stereocenters. The van der Waals surface area contributed by atoms with Crippen LogP contribution in [0.15, 0.2) is 156 Å². The van der Waals surface area contributed by atoms with Gasteiger partial charge in [0.1, 0.15) is 11.2 Å². The van der Waals surface area contributed by atoms with Crippen LogP contribution in [0.4, 0.5) is 17.1 Å². The second kappa shape index (κ2) is 11.4. The number of rotatable bonds is 4. The van der Waals surface area contributed by atoms with Crippen molar-refractivity contribution >= 4 is 39.0 Å². The average molecular weight is 736 g/mol. The first-order valence-electron chi connectivity index (χ1n) is 21.3. The van der Waals surface area contributed by atoms with Gasteiger partial charge in [-0.3, -0.25) is 0 Å². The van der Waals surface area contributed by atoms with Crippen molar-refractivity contribution in [2.45, 2.75) is 56.8 Å². The van der Waals surface area contributed by atoms with Crippen LogP contribution in [0.1, 0.15) is 68.2 Å². The Labute approximate surface area is 334 Å². The third-order valence-corrected chi connectivity index (χ3v) is 15.5. The highest BCUT2D eigenvalue weighted by atomic mass is 16.3. The fraction of sp³-hybridized carbons (Fsp3) is 0.236. The molecule has 0 amide bonds. The first-order chi connectivity index (χ1) is 27.9. The lowest BCUT2D eigenvalue weighted by Gasteiger charge is -2.61. The zero-order chi connectivity index (χ0) is 37.6. The summed E-state index contributed by atoms with van der Waals surface area (Å²) in [6.45, 7) is 4.78. The van der Waals surface area contributed by atoms with Crippen molar-refractivity contribution < 1.29 is 4.42 Å². The first kappa shape index (κ1) is 32.2. The molecular formula is C55H45NO. The van der Waals surface area contributed by atoms with E-state index < -0.39 is 0 Å². The maximum Gasteiger partial charge on any atom is 0.135 e. The van der Waals surface area contributed by atoms with Crippen LogP contribution in [0.25, 0.3) is 55.3 Å². The first-order valence-corrected chi connectivity index (χ1v) is 21.3. The van der Waals surface area contributed by atoms with Gasteiger partial charge in [0.2, 0.25) is 0 Å². The molecule has 6 aliphatic rings. The van der Waals surface area contributed by atoms with Gasteiger partial charge in [-0.25, -0.2) is 0 Å². The zero-order valence-corrected chi connectivity index (χ0v) is 32.6. The van der Waals surface area contributed by atoms with Gasteiger partial charge in [0, 0.05) is 38.7 Å². The summed E-state index contributed by atoms with van der Waals surface area (Å²) < 4.78 is 6.18. The number of para-hydroxylation sites is 1. The number of hydrogen-bond donors (Lipinski definition) is 0. The molecule has 0 radical (unpaired) electrons. The third kappa shape index (κ3) is 4.31. The topological polar surface area (TPSA) is 16.4 Å². The minimum absolute atomic E-state index is 0.0859. The Morgan fingerprint density at radius 1 is 0.439 bits per heavy atom. The summed E-state index contributed by atoms with van der Waals surface area (Å²) >= 11 is 0.